The van der Waals surface area contributed by atoms with Crippen LogP contribution < -0.4 is 14.8 Å². The van der Waals surface area contributed by atoms with E-state index in [2.05, 4.69) is 5.32 Å². The highest BCUT2D eigenvalue weighted by atomic mass is 16.7. The third-order valence-corrected chi connectivity index (χ3v) is 3.19. The number of nitrogens with one attached hydrogen (secondary N) is 1. The van der Waals surface area contributed by atoms with Gasteiger partial charge in [0.2, 0.25) is 5.79 Å². The lowest BCUT2D eigenvalue weighted by atomic mass is 10.1. The number of anilines is 1. The number of benzene rings is 1. The average molecular weight is 249 g/mol. The molecule has 1 aromatic rings. The van der Waals surface area contributed by atoms with E-state index in [4.69, 9.17) is 14.2 Å². The van der Waals surface area contributed by atoms with Crippen LogP contribution in [0.15, 0.2) is 18.2 Å². The van der Waals surface area contributed by atoms with Crippen LogP contribution in [-0.2, 0) is 4.74 Å². The topological polar surface area (TPSA) is 39.7 Å². The Morgan fingerprint density at radius 1 is 1.22 bits per heavy atom. The largest absolute Gasteiger partial charge is 0.449 e. The standard InChI is InChI=1S/C14H19NO3/c1-14(2)17-12-6-5-10(8-13(12)18-14)15-11-4-3-7-16-9-11/h5-6,8,11,15H,3-4,7,9H2,1-2H3. The summed E-state index contributed by atoms with van der Waals surface area (Å²) in [5, 5.41) is 3.48. The molecule has 1 aromatic carbocycles. The Labute approximate surface area is 107 Å². The summed E-state index contributed by atoms with van der Waals surface area (Å²) in [6, 6.07) is 6.37. The summed E-state index contributed by atoms with van der Waals surface area (Å²) in [6.45, 7) is 5.48. The lowest BCUT2D eigenvalue weighted by Gasteiger charge is -2.24. The van der Waals surface area contributed by atoms with Crippen molar-refractivity contribution in [1.82, 2.24) is 0 Å². The van der Waals surface area contributed by atoms with Gasteiger partial charge in [0.25, 0.3) is 0 Å². The van der Waals surface area contributed by atoms with Crippen molar-refractivity contribution in [3.63, 3.8) is 0 Å². The number of hydrogen-bond acceptors (Lipinski definition) is 4. The van der Waals surface area contributed by atoms with E-state index >= 15 is 0 Å². The van der Waals surface area contributed by atoms with Crippen molar-refractivity contribution in [3.8, 4) is 11.5 Å². The molecule has 0 aromatic heterocycles. The molecule has 1 N–H and O–H groups in total. The average Bonchev–Trinajstić information content (AvgIpc) is 2.63. The van der Waals surface area contributed by atoms with Gasteiger partial charge in [0.05, 0.1) is 6.61 Å². The quantitative estimate of drug-likeness (QED) is 0.875. The summed E-state index contributed by atoms with van der Waals surface area (Å²) < 4.78 is 16.9. The summed E-state index contributed by atoms with van der Waals surface area (Å²) >= 11 is 0. The van der Waals surface area contributed by atoms with Gasteiger partial charge in [-0.1, -0.05) is 0 Å². The predicted molar refractivity (Wildman–Crippen MR) is 69.2 cm³/mol. The monoisotopic (exact) mass is 249 g/mol. The second-order valence-electron chi connectivity index (χ2n) is 5.32. The maximum Gasteiger partial charge on any atom is 0.246 e. The van der Waals surface area contributed by atoms with Gasteiger partial charge >= 0.3 is 0 Å². The highest BCUT2D eigenvalue weighted by molar-refractivity contribution is 5.56. The first-order chi connectivity index (χ1) is 8.62. The summed E-state index contributed by atoms with van der Waals surface area (Å²) in [6.07, 6.45) is 2.27. The molecule has 1 fully saturated rings. The molecular formula is C14H19NO3. The van der Waals surface area contributed by atoms with Gasteiger partial charge in [0, 0.05) is 38.2 Å². The van der Waals surface area contributed by atoms with Crippen molar-refractivity contribution in [2.45, 2.75) is 38.5 Å². The molecule has 2 aliphatic heterocycles. The molecule has 1 saturated heterocycles. The number of fused-ring (bicyclic) bond motifs is 1. The molecule has 0 aliphatic carbocycles. The van der Waals surface area contributed by atoms with Gasteiger partial charge in [-0.05, 0) is 25.0 Å². The van der Waals surface area contributed by atoms with Crippen molar-refractivity contribution >= 4 is 5.69 Å². The third kappa shape index (κ3) is 2.38. The van der Waals surface area contributed by atoms with Crippen LogP contribution in [0.1, 0.15) is 26.7 Å². The molecule has 0 spiro atoms. The Balaban J connectivity index is 1.71. The highest BCUT2D eigenvalue weighted by Gasteiger charge is 2.31. The van der Waals surface area contributed by atoms with Crippen molar-refractivity contribution in [2.24, 2.45) is 0 Å². The minimum atomic E-state index is -0.561. The van der Waals surface area contributed by atoms with Gasteiger partial charge in [0.15, 0.2) is 11.5 Å². The lowest BCUT2D eigenvalue weighted by Crippen LogP contribution is -2.30. The molecule has 98 valence electrons. The second kappa shape index (κ2) is 4.35. The van der Waals surface area contributed by atoms with Gasteiger partial charge in [-0.25, -0.2) is 0 Å². The molecule has 1 atom stereocenters. The summed E-state index contributed by atoms with van der Waals surface area (Å²) in [5.74, 6) is 1.06. The Morgan fingerprint density at radius 2 is 2.06 bits per heavy atom. The van der Waals surface area contributed by atoms with Crippen LogP contribution >= 0.6 is 0 Å². The van der Waals surface area contributed by atoms with E-state index < -0.39 is 5.79 Å². The van der Waals surface area contributed by atoms with Crippen LogP contribution in [0.25, 0.3) is 0 Å². The van der Waals surface area contributed by atoms with Crippen LogP contribution in [0.2, 0.25) is 0 Å². The molecule has 0 saturated carbocycles. The maximum atomic E-state index is 5.73. The zero-order valence-corrected chi connectivity index (χ0v) is 10.9. The Kier molecular flexibility index (Phi) is 2.82. The van der Waals surface area contributed by atoms with Crippen LogP contribution in [0.5, 0.6) is 11.5 Å². The Hall–Kier alpha value is -1.42. The lowest BCUT2D eigenvalue weighted by molar-refractivity contribution is -0.0431. The van der Waals surface area contributed by atoms with E-state index in [1.54, 1.807) is 0 Å². The predicted octanol–water partition coefficient (Wildman–Crippen LogP) is 2.78. The van der Waals surface area contributed by atoms with E-state index in [0.717, 1.165) is 43.2 Å². The Bertz CT molecular complexity index is 439. The molecule has 2 heterocycles. The van der Waals surface area contributed by atoms with Crippen LogP contribution in [0.4, 0.5) is 5.69 Å². The smallest absolute Gasteiger partial charge is 0.246 e. The molecule has 0 amide bonds. The number of hydrogen-bond donors (Lipinski definition) is 1. The molecule has 4 nitrogen and oxygen atoms in total. The maximum absolute atomic E-state index is 5.73. The first-order valence-electron chi connectivity index (χ1n) is 6.49. The summed E-state index contributed by atoms with van der Waals surface area (Å²) in [4.78, 5) is 0. The first kappa shape index (κ1) is 11.7. The summed E-state index contributed by atoms with van der Waals surface area (Å²) in [7, 11) is 0. The highest BCUT2D eigenvalue weighted by Crippen LogP contribution is 2.40. The third-order valence-electron chi connectivity index (χ3n) is 3.19. The van der Waals surface area contributed by atoms with Crippen molar-refractivity contribution in [3.05, 3.63) is 18.2 Å². The molecular weight excluding hydrogens is 230 g/mol. The van der Waals surface area contributed by atoms with E-state index in [1.165, 1.54) is 0 Å². The minimum absolute atomic E-state index is 0.395. The molecule has 18 heavy (non-hydrogen) atoms. The second-order valence-corrected chi connectivity index (χ2v) is 5.32. The van der Waals surface area contributed by atoms with Gasteiger partial charge in [-0.2, -0.15) is 0 Å². The fourth-order valence-electron chi connectivity index (χ4n) is 2.40. The van der Waals surface area contributed by atoms with E-state index in [-0.39, 0.29) is 0 Å². The molecule has 0 bridgehead atoms. The molecule has 4 heteroatoms. The molecule has 0 radical (unpaired) electrons. The molecule has 3 rings (SSSR count). The van der Waals surface area contributed by atoms with Crippen LogP contribution in [0, 0.1) is 0 Å². The number of ether oxygens (including phenoxy) is 3. The fourth-order valence-corrected chi connectivity index (χ4v) is 2.40. The number of rotatable bonds is 2. The summed E-state index contributed by atoms with van der Waals surface area (Å²) in [5.41, 5.74) is 1.06. The SMILES string of the molecule is CC1(C)Oc2ccc(NC3CCCOC3)cc2O1. The van der Waals surface area contributed by atoms with E-state index in [9.17, 15) is 0 Å². The van der Waals surface area contributed by atoms with Crippen molar-refractivity contribution < 1.29 is 14.2 Å². The normalized spacial score (nSPS) is 24.9. The van der Waals surface area contributed by atoms with Gasteiger partial charge in [-0.15, -0.1) is 0 Å². The van der Waals surface area contributed by atoms with E-state index in [0.29, 0.717) is 6.04 Å². The fraction of sp³-hybridized carbons (Fsp3) is 0.571. The zero-order chi connectivity index (χ0) is 12.6. The van der Waals surface area contributed by atoms with Crippen LogP contribution in [-0.4, -0.2) is 25.0 Å². The molecule has 2 aliphatic rings. The van der Waals surface area contributed by atoms with Gasteiger partial charge < -0.3 is 19.5 Å². The first-order valence-corrected chi connectivity index (χ1v) is 6.49. The van der Waals surface area contributed by atoms with Crippen molar-refractivity contribution in [2.75, 3.05) is 18.5 Å². The zero-order valence-electron chi connectivity index (χ0n) is 10.9. The Morgan fingerprint density at radius 3 is 2.83 bits per heavy atom. The van der Waals surface area contributed by atoms with E-state index in [1.807, 2.05) is 32.0 Å². The molecule has 1 unspecified atom stereocenters. The van der Waals surface area contributed by atoms with Gasteiger partial charge in [0.1, 0.15) is 0 Å². The van der Waals surface area contributed by atoms with Crippen molar-refractivity contribution in [1.29, 1.82) is 0 Å². The van der Waals surface area contributed by atoms with Crippen LogP contribution in [0.3, 0.4) is 0 Å². The van der Waals surface area contributed by atoms with Gasteiger partial charge in [-0.3, -0.25) is 0 Å². The minimum Gasteiger partial charge on any atom is -0.449 e.